The molecule has 0 aliphatic carbocycles. The quantitative estimate of drug-likeness (QED) is 0.847. The van der Waals surface area contributed by atoms with Crippen molar-refractivity contribution in [2.45, 2.75) is 18.5 Å². The number of carboxylic acids is 1. The van der Waals surface area contributed by atoms with Gasteiger partial charge in [0.05, 0.1) is 19.8 Å². The Morgan fingerprint density at radius 3 is 2.68 bits per heavy atom. The number of benzene rings is 1. The number of carboxylic acid groups (broad SMARTS) is 1. The average molecular weight is 365 g/mol. The lowest BCUT2D eigenvalue weighted by Gasteiger charge is -2.25. The number of ether oxygens (including phenoxy) is 1. The maximum atomic E-state index is 12.8. The SMILES string of the molecule is Cc1cccc(Cn2cc(C(=O)O)c(S(=O)(=O)N3CCOCC3)n2)c1. The van der Waals surface area contributed by atoms with Crippen molar-refractivity contribution in [1.82, 2.24) is 14.1 Å². The van der Waals surface area contributed by atoms with Crippen LogP contribution in [0.15, 0.2) is 35.5 Å². The Morgan fingerprint density at radius 1 is 1.32 bits per heavy atom. The first-order valence-electron chi connectivity index (χ1n) is 7.82. The van der Waals surface area contributed by atoms with E-state index in [1.807, 2.05) is 31.2 Å². The molecule has 0 unspecified atom stereocenters. The Hall–Kier alpha value is -2.23. The molecule has 0 atom stereocenters. The van der Waals surface area contributed by atoms with E-state index >= 15 is 0 Å². The molecular formula is C16H19N3O5S. The highest BCUT2D eigenvalue weighted by atomic mass is 32.2. The van der Waals surface area contributed by atoms with Crippen LogP contribution in [0.5, 0.6) is 0 Å². The van der Waals surface area contributed by atoms with E-state index in [1.165, 1.54) is 15.2 Å². The standard InChI is InChI=1S/C16H19N3O5S/c1-12-3-2-4-13(9-12)10-18-11-14(16(20)21)15(17-18)25(22,23)19-5-7-24-8-6-19/h2-4,9,11H,5-8,10H2,1H3,(H,20,21). The summed E-state index contributed by atoms with van der Waals surface area (Å²) in [5.74, 6) is -1.32. The van der Waals surface area contributed by atoms with Crippen LogP contribution in [0.3, 0.4) is 0 Å². The van der Waals surface area contributed by atoms with Gasteiger partial charge in [0.2, 0.25) is 5.03 Å². The number of aromatic nitrogens is 2. The van der Waals surface area contributed by atoms with Gasteiger partial charge in [0.25, 0.3) is 10.0 Å². The van der Waals surface area contributed by atoms with Crippen LogP contribution < -0.4 is 0 Å². The lowest BCUT2D eigenvalue weighted by atomic mass is 10.1. The van der Waals surface area contributed by atoms with Gasteiger partial charge in [-0.1, -0.05) is 29.8 Å². The van der Waals surface area contributed by atoms with E-state index in [2.05, 4.69) is 5.10 Å². The molecule has 3 rings (SSSR count). The molecule has 134 valence electrons. The molecule has 1 N–H and O–H groups in total. The fourth-order valence-electron chi connectivity index (χ4n) is 2.73. The van der Waals surface area contributed by atoms with Crippen LogP contribution in [-0.4, -0.2) is 59.9 Å². The van der Waals surface area contributed by atoms with Crippen LogP contribution in [0.4, 0.5) is 0 Å². The van der Waals surface area contributed by atoms with Gasteiger partial charge >= 0.3 is 5.97 Å². The van der Waals surface area contributed by atoms with Crippen LogP contribution in [0.1, 0.15) is 21.5 Å². The molecule has 0 radical (unpaired) electrons. The maximum Gasteiger partial charge on any atom is 0.340 e. The average Bonchev–Trinajstić information content (AvgIpc) is 3.01. The van der Waals surface area contributed by atoms with E-state index in [9.17, 15) is 18.3 Å². The largest absolute Gasteiger partial charge is 0.478 e. The molecule has 1 aliphatic heterocycles. The van der Waals surface area contributed by atoms with Gasteiger partial charge in [0, 0.05) is 19.3 Å². The molecule has 0 spiro atoms. The number of morpholine rings is 1. The second-order valence-corrected chi connectivity index (χ2v) is 7.71. The third-order valence-electron chi connectivity index (χ3n) is 3.94. The zero-order valence-electron chi connectivity index (χ0n) is 13.8. The molecule has 2 heterocycles. The highest BCUT2D eigenvalue weighted by molar-refractivity contribution is 7.89. The number of hydrogen-bond acceptors (Lipinski definition) is 5. The fraction of sp³-hybridized carbons (Fsp3) is 0.375. The van der Waals surface area contributed by atoms with E-state index in [0.29, 0.717) is 6.54 Å². The molecule has 25 heavy (non-hydrogen) atoms. The molecule has 2 aromatic rings. The lowest BCUT2D eigenvalue weighted by Crippen LogP contribution is -2.41. The molecule has 9 heteroatoms. The summed E-state index contributed by atoms with van der Waals surface area (Å²) >= 11 is 0. The third kappa shape index (κ3) is 3.73. The molecule has 1 aliphatic rings. The Kier molecular flexibility index (Phi) is 4.89. The molecule has 8 nitrogen and oxygen atoms in total. The van der Waals surface area contributed by atoms with Crippen LogP contribution in [0.2, 0.25) is 0 Å². The van der Waals surface area contributed by atoms with Gasteiger partial charge in [0.15, 0.2) is 0 Å². The zero-order chi connectivity index (χ0) is 18.0. The molecule has 1 aromatic carbocycles. The number of sulfonamides is 1. The van der Waals surface area contributed by atoms with Crippen molar-refractivity contribution < 1.29 is 23.1 Å². The normalized spacial score (nSPS) is 16.0. The van der Waals surface area contributed by atoms with Crippen molar-refractivity contribution in [2.75, 3.05) is 26.3 Å². The summed E-state index contributed by atoms with van der Waals surface area (Å²) in [6.45, 7) is 3.18. The Balaban J connectivity index is 1.96. The van der Waals surface area contributed by atoms with Crippen molar-refractivity contribution in [1.29, 1.82) is 0 Å². The van der Waals surface area contributed by atoms with E-state index in [0.717, 1.165) is 11.1 Å². The first kappa shape index (κ1) is 17.6. The van der Waals surface area contributed by atoms with Crippen LogP contribution in [0.25, 0.3) is 0 Å². The van der Waals surface area contributed by atoms with Crippen LogP contribution in [0, 0.1) is 6.92 Å². The third-order valence-corrected chi connectivity index (χ3v) is 5.77. The molecule has 0 amide bonds. The highest BCUT2D eigenvalue weighted by Gasteiger charge is 2.33. The molecular weight excluding hydrogens is 346 g/mol. The summed E-state index contributed by atoms with van der Waals surface area (Å²) in [6.07, 6.45) is 1.26. The van der Waals surface area contributed by atoms with Crippen LogP contribution in [-0.2, 0) is 21.3 Å². The molecule has 1 fully saturated rings. The van der Waals surface area contributed by atoms with Gasteiger partial charge in [-0.05, 0) is 12.5 Å². The van der Waals surface area contributed by atoms with Gasteiger partial charge in [0.1, 0.15) is 5.56 Å². The topological polar surface area (TPSA) is 102 Å². The van der Waals surface area contributed by atoms with Gasteiger partial charge in [-0.2, -0.15) is 9.40 Å². The predicted octanol–water partition coefficient (Wildman–Crippen LogP) is 0.959. The molecule has 0 bridgehead atoms. The Bertz CT molecular complexity index is 885. The first-order valence-corrected chi connectivity index (χ1v) is 9.26. The summed E-state index contributed by atoms with van der Waals surface area (Å²) in [5, 5.41) is 13.0. The second kappa shape index (κ2) is 6.95. The van der Waals surface area contributed by atoms with Crippen molar-refractivity contribution >= 4 is 16.0 Å². The van der Waals surface area contributed by atoms with Gasteiger partial charge in [-0.25, -0.2) is 13.2 Å². The summed E-state index contributed by atoms with van der Waals surface area (Å²) in [7, 11) is -3.98. The van der Waals surface area contributed by atoms with E-state index in [-0.39, 0.29) is 31.9 Å². The summed E-state index contributed by atoms with van der Waals surface area (Å²) in [6, 6.07) is 7.66. The van der Waals surface area contributed by atoms with Gasteiger partial charge in [-0.15, -0.1) is 0 Å². The Morgan fingerprint density at radius 2 is 2.04 bits per heavy atom. The van der Waals surface area contributed by atoms with Crippen LogP contribution >= 0.6 is 0 Å². The maximum absolute atomic E-state index is 12.8. The summed E-state index contributed by atoms with van der Waals surface area (Å²) < 4.78 is 33.2. The number of rotatable bonds is 5. The van der Waals surface area contributed by atoms with Gasteiger partial charge < -0.3 is 9.84 Å². The summed E-state index contributed by atoms with van der Waals surface area (Å²) in [5.41, 5.74) is 1.65. The predicted molar refractivity (Wildman–Crippen MR) is 89.0 cm³/mol. The number of carbonyl (C=O) groups is 1. The minimum Gasteiger partial charge on any atom is -0.478 e. The number of aryl methyl sites for hydroxylation is 1. The summed E-state index contributed by atoms with van der Waals surface area (Å²) in [4.78, 5) is 11.5. The van der Waals surface area contributed by atoms with E-state index < -0.39 is 21.0 Å². The lowest BCUT2D eigenvalue weighted by molar-refractivity contribution is 0.0688. The van der Waals surface area contributed by atoms with Crippen molar-refractivity contribution in [3.63, 3.8) is 0 Å². The zero-order valence-corrected chi connectivity index (χ0v) is 14.6. The smallest absolute Gasteiger partial charge is 0.340 e. The minimum atomic E-state index is -3.98. The van der Waals surface area contributed by atoms with Crippen molar-refractivity contribution in [3.05, 3.63) is 47.2 Å². The fourth-order valence-corrected chi connectivity index (χ4v) is 4.23. The van der Waals surface area contributed by atoms with Crippen molar-refractivity contribution in [3.8, 4) is 0 Å². The number of hydrogen-bond donors (Lipinski definition) is 1. The monoisotopic (exact) mass is 365 g/mol. The molecule has 1 aromatic heterocycles. The molecule has 1 saturated heterocycles. The van der Waals surface area contributed by atoms with Crippen molar-refractivity contribution in [2.24, 2.45) is 0 Å². The second-order valence-electron chi connectivity index (χ2n) is 5.86. The highest BCUT2D eigenvalue weighted by Crippen LogP contribution is 2.20. The number of nitrogens with zero attached hydrogens (tertiary/aromatic N) is 3. The van der Waals surface area contributed by atoms with E-state index in [1.54, 1.807) is 0 Å². The number of aromatic carboxylic acids is 1. The molecule has 0 saturated carbocycles. The van der Waals surface area contributed by atoms with Gasteiger partial charge in [-0.3, -0.25) is 4.68 Å². The van der Waals surface area contributed by atoms with E-state index in [4.69, 9.17) is 4.74 Å². The first-order chi connectivity index (χ1) is 11.9. The minimum absolute atomic E-state index is 0.187. The Labute approximate surface area is 145 Å².